The van der Waals surface area contributed by atoms with Crippen LogP contribution in [0.2, 0.25) is 0 Å². The first-order chi connectivity index (χ1) is 11.6. The number of benzene rings is 1. The smallest absolute Gasteiger partial charge is 0.310 e. The molecule has 0 saturated carbocycles. The van der Waals surface area contributed by atoms with Gasteiger partial charge in [0.05, 0.1) is 19.6 Å². The Labute approximate surface area is 143 Å². The number of methoxy groups -OCH3 is 1. The molecule has 1 aliphatic rings. The number of ether oxygens (including phenoxy) is 2. The van der Waals surface area contributed by atoms with Crippen LogP contribution in [0.15, 0.2) is 24.3 Å². The number of amides is 1. The van der Waals surface area contributed by atoms with Gasteiger partial charge in [0.25, 0.3) is 0 Å². The third-order valence-corrected chi connectivity index (χ3v) is 4.13. The van der Waals surface area contributed by atoms with Gasteiger partial charge in [-0.3, -0.25) is 9.59 Å². The molecular formula is C18H26N2O4. The van der Waals surface area contributed by atoms with Gasteiger partial charge >= 0.3 is 5.97 Å². The van der Waals surface area contributed by atoms with E-state index in [0.717, 1.165) is 25.1 Å². The summed E-state index contributed by atoms with van der Waals surface area (Å²) >= 11 is 0. The van der Waals surface area contributed by atoms with Crippen LogP contribution in [0.5, 0.6) is 5.75 Å². The summed E-state index contributed by atoms with van der Waals surface area (Å²) in [6, 6.07) is 7.29. The topological polar surface area (TPSA) is 67.9 Å². The van der Waals surface area contributed by atoms with Gasteiger partial charge in [0.1, 0.15) is 5.75 Å². The summed E-state index contributed by atoms with van der Waals surface area (Å²) in [5.41, 5.74) is 0.724. The van der Waals surface area contributed by atoms with Crippen LogP contribution < -0.4 is 10.1 Å². The van der Waals surface area contributed by atoms with Crippen LogP contribution in [0, 0.1) is 5.92 Å². The molecule has 2 rings (SSSR count). The quantitative estimate of drug-likeness (QED) is 0.775. The second-order valence-corrected chi connectivity index (χ2v) is 5.92. The Hall–Kier alpha value is -2.08. The Morgan fingerprint density at radius 1 is 1.38 bits per heavy atom. The second kappa shape index (κ2) is 9.27. The highest BCUT2D eigenvalue weighted by molar-refractivity contribution is 5.91. The SMILES string of the molecule is CCOC(=O)C1CCCN(CCC(=O)Nc2cccc(OC)c2)C1. The number of rotatable bonds is 7. The molecular weight excluding hydrogens is 308 g/mol. The van der Waals surface area contributed by atoms with E-state index in [4.69, 9.17) is 9.47 Å². The average Bonchev–Trinajstić information content (AvgIpc) is 2.60. The molecule has 24 heavy (non-hydrogen) atoms. The average molecular weight is 334 g/mol. The fraction of sp³-hybridized carbons (Fsp3) is 0.556. The van der Waals surface area contributed by atoms with Crippen molar-refractivity contribution in [3.8, 4) is 5.75 Å². The van der Waals surface area contributed by atoms with Crippen molar-refractivity contribution < 1.29 is 19.1 Å². The fourth-order valence-corrected chi connectivity index (χ4v) is 2.90. The van der Waals surface area contributed by atoms with Crippen LogP contribution in [-0.2, 0) is 14.3 Å². The zero-order valence-corrected chi connectivity index (χ0v) is 14.4. The van der Waals surface area contributed by atoms with Crippen molar-refractivity contribution in [2.75, 3.05) is 38.7 Å². The summed E-state index contributed by atoms with van der Waals surface area (Å²) in [6.07, 6.45) is 2.22. The highest BCUT2D eigenvalue weighted by atomic mass is 16.5. The predicted molar refractivity (Wildman–Crippen MR) is 92.0 cm³/mol. The van der Waals surface area contributed by atoms with Gasteiger partial charge in [0.2, 0.25) is 5.91 Å². The van der Waals surface area contributed by atoms with Gasteiger partial charge in [0.15, 0.2) is 0 Å². The molecule has 1 aromatic rings. The van der Waals surface area contributed by atoms with Gasteiger partial charge in [-0.2, -0.15) is 0 Å². The largest absolute Gasteiger partial charge is 0.497 e. The number of carbonyl (C=O) groups is 2. The lowest BCUT2D eigenvalue weighted by Gasteiger charge is -2.31. The first kappa shape index (κ1) is 18.3. The van der Waals surface area contributed by atoms with Crippen molar-refractivity contribution in [3.63, 3.8) is 0 Å². The van der Waals surface area contributed by atoms with Crippen LogP contribution in [-0.4, -0.2) is 50.1 Å². The summed E-state index contributed by atoms with van der Waals surface area (Å²) in [5, 5.41) is 2.87. The van der Waals surface area contributed by atoms with Gasteiger partial charge in [-0.25, -0.2) is 0 Å². The van der Waals surface area contributed by atoms with E-state index in [1.807, 2.05) is 25.1 Å². The zero-order valence-electron chi connectivity index (χ0n) is 14.4. The Bertz CT molecular complexity index is 562. The molecule has 1 aliphatic heterocycles. The van der Waals surface area contributed by atoms with Crippen molar-refractivity contribution in [2.45, 2.75) is 26.2 Å². The van der Waals surface area contributed by atoms with E-state index in [9.17, 15) is 9.59 Å². The van der Waals surface area contributed by atoms with Crippen LogP contribution in [0.25, 0.3) is 0 Å². The molecule has 1 amide bonds. The lowest BCUT2D eigenvalue weighted by atomic mass is 9.98. The minimum atomic E-state index is -0.122. The number of esters is 1. The maximum Gasteiger partial charge on any atom is 0.310 e. The van der Waals surface area contributed by atoms with Crippen molar-refractivity contribution in [2.24, 2.45) is 5.92 Å². The van der Waals surface area contributed by atoms with E-state index in [0.29, 0.717) is 31.9 Å². The first-order valence-electron chi connectivity index (χ1n) is 8.45. The Morgan fingerprint density at radius 2 is 2.21 bits per heavy atom. The molecule has 0 spiro atoms. The maximum absolute atomic E-state index is 12.1. The van der Waals surface area contributed by atoms with Crippen LogP contribution in [0.4, 0.5) is 5.69 Å². The van der Waals surface area contributed by atoms with E-state index < -0.39 is 0 Å². The van der Waals surface area contributed by atoms with Crippen LogP contribution in [0.3, 0.4) is 0 Å². The van der Waals surface area contributed by atoms with Crippen LogP contribution >= 0.6 is 0 Å². The summed E-state index contributed by atoms with van der Waals surface area (Å²) in [5.74, 6) is 0.478. The van der Waals surface area contributed by atoms with Crippen molar-refractivity contribution in [1.29, 1.82) is 0 Å². The highest BCUT2D eigenvalue weighted by Crippen LogP contribution is 2.19. The highest BCUT2D eigenvalue weighted by Gasteiger charge is 2.26. The van der Waals surface area contributed by atoms with Gasteiger partial charge in [-0.15, -0.1) is 0 Å². The summed E-state index contributed by atoms with van der Waals surface area (Å²) in [7, 11) is 1.59. The molecule has 1 atom stereocenters. The molecule has 1 unspecified atom stereocenters. The van der Waals surface area contributed by atoms with Crippen molar-refractivity contribution >= 4 is 17.6 Å². The van der Waals surface area contributed by atoms with Gasteiger partial charge < -0.3 is 19.7 Å². The number of anilines is 1. The van der Waals surface area contributed by atoms with E-state index in [1.165, 1.54) is 0 Å². The van der Waals surface area contributed by atoms with Crippen molar-refractivity contribution in [3.05, 3.63) is 24.3 Å². The molecule has 1 saturated heterocycles. The number of hydrogen-bond acceptors (Lipinski definition) is 5. The van der Waals surface area contributed by atoms with Crippen molar-refractivity contribution in [1.82, 2.24) is 4.90 Å². The van der Waals surface area contributed by atoms with Gasteiger partial charge in [-0.05, 0) is 38.4 Å². The molecule has 132 valence electrons. The predicted octanol–water partition coefficient (Wildman–Crippen LogP) is 2.30. The molecule has 1 N–H and O–H groups in total. The standard InChI is InChI=1S/C18H26N2O4/c1-3-24-18(22)14-6-5-10-20(13-14)11-9-17(21)19-15-7-4-8-16(12-15)23-2/h4,7-8,12,14H,3,5-6,9-11,13H2,1-2H3,(H,19,21). The molecule has 0 radical (unpaired) electrons. The number of piperidine rings is 1. The van der Waals surface area contributed by atoms with E-state index in [2.05, 4.69) is 10.2 Å². The molecule has 6 heteroatoms. The fourth-order valence-electron chi connectivity index (χ4n) is 2.90. The minimum Gasteiger partial charge on any atom is -0.497 e. The Balaban J connectivity index is 1.77. The summed E-state index contributed by atoms with van der Waals surface area (Å²) in [4.78, 5) is 26.1. The summed E-state index contributed by atoms with van der Waals surface area (Å²) in [6.45, 7) is 4.47. The number of carbonyl (C=O) groups excluding carboxylic acids is 2. The zero-order chi connectivity index (χ0) is 17.4. The molecule has 1 heterocycles. The molecule has 0 aliphatic carbocycles. The monoisotopic (exact) mass is 334 g/mol. The first-order valence-corrected chi connectivity index (χ1v) is 8.45. The number of nitrogens with zero attached hydrogens (tertiary/aromatic N) is 1. The number of nitrogens with one attached hydrogen (secondary N) is 1. The number of hydrogen-bond donors (Lipinski definition) is 1. The van der Waals surface area contributed by atoms with Crippen LogP contribution in [0.1, 0.15) is 26.2 Å². The Kier molecular flexibility index (Phi) is 7.06. The third kappa shape index (κ3) is 5.53. The molecule has 1 fully saturated rings. The lowest BCUT2D eigenvalue weighted by molar-refractivity contribution is -0.149. The summed E-state index contributed by atoms with van der Waals surface area (Å²) < 4.78 is 10.2. The second-order valence-electron chi connectivity index (χ2n) is 5.92. The lowest BCUT2D eigenvalue weighted by Crippen LogP contribution is -2.40. The van der Waals surface area contributed by atoms with Gasteiger partial charge in [-0.1, -0.05) is 6.07 Å². The van der Waals surface area contributed by atoms with E-state index in [-0.39, 0.29) is 17.8 Å². The molecule has 1 aromatic carbocycles. The van der Waals surface area contributed by atoms with E-state index >= 15 is 0 Å². The third-order valence-electron chi connectivity index (χ3n) is 4.13. The number of likely N-dealkylation sites (tertiary alicyclic amines) is 1. The molecule has 6 nitrogen and oxygen atoms in total. The maximum atomic E-state index is 12.1. The molecule has 0 aromatic heterocycles. The normalized spacial score (nSPS) is 18.0. The molecule has 0 bridgehead atoms. The minimum absolute atomic E-state index is 0.0403. The Morgan fingerprint density at radius 3 is 2.96 bits per heavy atom. The van der Waals surface area contributed by atoms with E-state index in [1.54, 1.807) is 13.2 Å². The van der Waals surface area contributed by atoms with Gasteiger partial charge in [0, 0.05) is 31.3 Å².